The first-order valence-corrected chi connectivity index (χ1v) is 15.7. The predicted octanol–water partition coefficient (Wildman–Crippen LogP) is 4.61. The average Bonchev–Trinajstić information content (AvgIpc) is 2.98. The second-order valence-electron chi connectivity index (χ2n) is 10.1. The van der Waals surface area contributed by atoms with Crippen molar-refractivity contribution in [3.8, 4) is 17.2 Å². The third kappa shape index (κ3) is 9.07. The fraction of sp³-hybridized carbons (Fsp3) is 0.323. The molecule has 0 aromatic heterocycles. The van der Waals surface area contributed by atoms with E-state index < -0.39 is 22.0 Å². The number of nitrogens with one attached hydrogen (secondary N) is 2. The minimum absolute atomic E-state index is 0.0580. The first kappa shape index (κ1) is 30.6. The highest BCUT2D eigenvalue weighted by Gasteiger charge is 2.29. The highest BCUT2D eigenvalue weighted by molar-refractivity contribution is 7.92. The highest BCUT2D eigenvalue weighted by atomic mass is 32.2. The van der Waals surface area contributed by atoms with E-state index in [1.807, 2.05) is 30.3 Å². The maximum absolute atomic E-state index is 12.8. The van der Waals surface area contributed by atoms with Gasteiger partial charge in [-0.2, -0.15) is 5.10 Å². The minimum Gasteiger partial charge on any atom is -0.484 e. The van der Waals surface area contributed by atoms with E-state index in [9.17, 15) is 18.0 Å². The predicted molar refractivity (Wildman–Crippen MR) is 162 cm³/mol. The quantitative estimate of drug-likeness (QED) is 0.234. The molecule has 0 saturated heterocycles. The van der Waals surface area contributed by atoms with Gasteiger partial charge in [0.25, 0.3) is 11.8 Å². The number of sulfonamides is 1. The maximum atomic E-state index is 12.8. The molecule has 3 aromatic rings. The summed E-state index contributed by atoms with van der Waals surface area (Å²) >= 11 is 0. The lowest BCUT2D eigenvalue weighted by Crippen LogP contribution is -2.46. The topological polar surface area (TPSA) is 126 Å². The molecule has 1 saturated carbocycles. The molecule has 0 radical (unpaired) electrons. The minimum atomic E-state index is -3.80. The largest absolute Gasteiger partial charge is 0.484 e. The molecule has 10 nitrogen and oxygen atoms in total. The first-order valence-electron chi connectivity index (χ1n) is 13.9. The van der Waals surface area contributed by atoms with Crippen LogP contribution in [0.4, 0.5) is 5.69 Å². The molecule has 2 N–H and O–H groups in total. The molecule has 1 atom stereocenters. The van der Waals surface area contributed by atoms with Crippen LogP contribution >= 0.6 is 0 Å². The zero-order chi connectivity index (χ0) is 30.0. The lowest BCUT2D eigenvalue weighted by molar-refractivity contribution is -0.124. The molecule has 2 amide bonds. The molecule has 1 aliphatic rings. The number of benzene rings is 3. The van der Waals surface area contributed by atoms with E-state index in [-0.39, 0.29) is 18.6 Å². The van der Waals surface area contributed by atoms with Crippen LogP contribution in [-0.2, 0) is 19.6 Å². The highest BCUT2D eigenvalue weighted by Crippen LogP contribution is 2.27. The van der Waals surface area contributed by atoms with Crippen molar-refractivity contribution in [3.63, 3.8) is 0 Å². The van der Waals surface area contributed by atoms with Crippen molar-refractivity contribution in [1.82, 2.24) is 10.7 Å². The van der Waals surface area contributed by atoms with Gasteiger partial charge in [0.05, 0.1) is 18.2 Å². The van der Waals surface area contributed by atoms with Crippen LogP contribution in [0.5, 0.6) is 17.2 Å². The average molecular weight is 593 g/mol. The van der Waals surface area contributed by atoms with Gasteiger partial charge >= 0.3 is 0 Å². The number of hydrogen-bond acceptors (Lipinski definition) is 7. The number of para-hydroxylation sites is 1. The van der Waals surface area contributed by atoms with E-state index >= 15 is 0 Å². The summed E-state index contributed by atoms with van der Waals surface area (Å²) in [6, 6.07) is 21.7. The summed E-state index contributed by atoms with van der Waals surface area (Å²) in [5.74, 6) is 0.969. The molecular formula is C31H36N4O6S. The van der Waals surface area contributed by atoms with Crippen LogP contribution in [0.15, 0.2) is 84.0 Å². The number of carbonyl (C=O) groups excluding carboxylic acids is 2. The van der Waals surface area contributed by atoms with Crippen molar-refractivity contribution in [2.24, 2.45) is 5.10 Å². The molecule has 222 valence electrons. The summed E-state index contributed by atoms with van der Waals surface area (Å²) in [4.78, 5) is 25.0. The normalized spacial score (nSPS) is 14.6. The van der Waals surface area contributed by atoms with Crippen molar-refractivity contribution < 1.29 is 27.5 Å². The van der Waals surface area contributed by atoms with Crippen LogP contribution < -0.4 is 24.5 Å². The molecule has 0 aliphatic heterocycles. The van der Waals surface area contributed by atoms with Crippen molar-refractivity contribution in [2.75, 3.05) is 17.2 Å². The Bertz CT molecular complexity index is 1460. The van der Waals surface area contributed by atoms with Crippen LogP contribution in [-0.4, -0.2) is 51.4 Å². The second-order valence-corrected chi connectivity index (χ2v) is 12.0. The number of rotatable bonds is 12. The van der Waals surface area contributed by atoms with Crippen LogP contribution in [0.3, 0.4) is 0 Å². The van der Waals surface area contributed by atoms with Gasteiger partial charge in [0, 0.05) is 6.04 Å². The molecule has 42 heavy (non-hydrogen) atoms. The zero-order valence-electron chi connectivity index (χ0n) is 23.7. The number of nitrogens with zero attached hydrogens (tertiary/aromatic N) is 2. The molecule has 4 rings (SSSR count). The Morgan fingerprint density at radius 2 is 1.55 bits per heavy atom. The summed E-state index contributed by atoms with van der Waals surface area (Å²) < 4.78 is 37.6. The Hall–Kier alpha value is -4.38. The zero-order valence-corrected chi connectivity index (χ0v) is 24.5. The lowest BCUT2D eigenvalue weighted by Gasteiger charge is -2.27. The Morgan fingerprint density at radius 3 is 2.19 bits per heavy atom. The van der Waals surface area contributed by atoms with E-state index in [0.29, 0.717) is 28.5 Å². The van der Waals surface area contributed by atoms with Crippen molar-refractivity contribution in [2.45, 2.75) is 51.1 Å². The van der Waals surface area contributed by atoms with Gasteiger partial charge in [-0.05, 0) is 86.0 Å². The number of amides is 2. The van der Waals surface area contributed by atoms with Crippen LogP contribution in [0.2, 0.25) is 0 Å². The summed E-state index contributed by atoms with van der Waals surface area (Å²) in [6.45, 7) is 1.42. The van der Waals surface area contributed by atoms with Crippen molar-refractivity contribution >= 4 is 33.7 Å². The number of hydrazone groups is 1. The van der Waals surface area contributed by atoms with E-state index in [1.165, 1.54) is 19.6 Å². The Morgan fingerprint density at radius 1 is 0.929 bits per heavy atom. The fourth-order valence-corrected chi connectivity index (χ4v) is 5.85. The second kappa shape index (κ2) is 14.5. The number of carbonyl (C=O) groups is 2. The molecule has 0 unspecified atom stereocenters. The van der Waals surface area contributed by atoms with E-state index in [0.717, 1.165) is 36.2 Å². The van der Waals surface area contributed by atoms with Crippen molar-refractivity contribution in [3.05, 3.63) is 84.4 Å². The maximum Gasteiger partial charge on any atom is 0.263 e. The fourth-order valence-electron chi connectivity index (χ4n) is 4.67. The molecule has 3 aromatic carbocycles. The van der Waals surface area contributed by atoms with Gasteiger partial charge in [-0.15, -0.1) is 0 Å². The summed E-state index contributed by atoms with van der Waals surface area (Å²) in [5.41, 5.74) is 3.40. The van der Waals surface area contributed by atoms with Crippen LogP contribution in [0.1, 0.15) is 44.6 Å². The van der Waals surface area contributed by atoms with E-state index in [2.05, 4.69) is 15.8 Å². The molecule has 1 aliphatic carbocycles. The van der Waals surface area contributed by atoms with Gasteiger partial charge in [0.15, 0.2) is 6.61 Å². The molecule has 11 heteroatoms. The van der Waals surface area contributed by atoms with Gasteiger partial charge < -0.3 is 14.8 Å². The summed E-state index contributed by atoms with van der Waals surface area (Å²) in [6.07, 6.45) is 8.01. The van der Waals surface area contributed by atoms with E-state index in [1.54, 1.807) is 48.5 Å². The molecule has 1 fully saturated rings. The van der Waals surface area contributed by atoms with Crippen molar-refractivity contribution in [1.29, 1.82) is 0 Å². The van der Waals surface area contributed by atoms with E-state index in [4.69, 9.17) is 9.47 Å². The third-order valence-electron chi connectivity index (χ3n) is 6.77. The standard InChI is InChI=1S/C31H36N4O6S/c1-23(35(42(2,38)39)26-15-19-29(20-16-26)41-28-11-7-4-8-12-28)31(37)34-32-21-24-13-17-27(18-14-24)40-22-30(36)33-25-9-5-3-6-10-25/h4,7-8,11-21,23,25H,3,5-6,9-10,22H2,1-2H3,(H,33,36)(H,34,37)/b32-21-/t23-/m1/s1. The number of anilines is 1. The van der Waals surface area contributed by atoms with Gasteiger partial charge in [0.2, 0.25) is 10.0 Å². The van der Waals surface area contributed by atoms with Gasteiger partial charge in [-0.3, -0.25) is 13.9 Å². The smallest absolute Gasteiger partial charge is 0.263 e. The molecular weight excluding hydrogens is 556 g/mol. The first-order chi connectivity index (χ1) is 20.2. The number of ether oxygens (including phenoxy) is 2. The van der Waals surface area contributed by atoms with Gasteiger partial charge in [-0.1, -0.05) is 37.5 Å². The Labute approximate surface area is 246 Å². The van der Waals surface area contributed by atoms with Crippen LogP contribution in [0.25, 0.3) is 0 Å². The summed E-state index contributed by atoms with van der Waals surface area (Å²) in [5, 5.41) is 6.99. The summed E-state index contributed by atoms with van der Waals surface area (Å²) in [7, 11) is -3.80. The third-order valence-corrected chi connectivity index (χ3v) is 8.01. The lowest BCUT2D eigenvalue weighted by atomic mass is 9.95. The number of hydrogen-bond donors (Lipinski definition) is 2. The molecule has 0 spiro atoms. The van der Waals surface area contributed by atoms with Gasteiger partial charge in [0.1, 0.15) is 23.3 Å². The monoisotopic (exact) mass is 592 g/mol. The Kier molecular flexibility index (Phi) is 10.6. The molecule has 0 heterocycles. The van der Waals surface area contributed by atoms with Crippen LogP contribution in [0, 0.1) is 0 Å². The molecule has 0 bridgehead atoms. The Balaban J connectivity index is 1.29. The van der Waals surface area contributed by atoms with Gasteiger partial charge in [-0.25, -0.2) is 13.8 Å². The SMILES string of the molecule is C[C@H](C(=O)N/N=C\c1ccc(OCC(=O)NC2CCCCC2)cc1)N(c1ccc(Oc2ccccc2)cc1)S(C)(=O)=O.